The smallest absolute Gasteiger partial charge is 0.305 e. The fraction of sp³-hybridized carbons (Fsp3) is 0.750. The summed E-state index contributed by atoms with van der Waals surface area (Å²) in [6.07, 6.45) is 6.30. The van der Waals surface area contributed by atoms with Crippen LogP contribution in [0.4, 0.5) is 0 Å². The van der Waals surface area contributed by atoms with Crippen molar-refractivity contribution >= 4 is 34.3 Å². The largest absolute Gasteiger partial charge is 0.481 e. The van der Waals surface area contributed by atoms with Gasteiger partial charge in [-0.1, -0.05) is 61.6 Å². The van der Waals surface area contributed by atoms with Crippen LogP contribution in [0.25, 0.3) is 0 Å². The minimum absolute atomic E-state index is 0.0194. The summed E-state index contributed by atoms with van der Waals surface area (Å²) in [4.78, 5) is 23.5. The van der Waals surface area contributed by atoms with E-state index in [1.54, 1.807) is 0 Å². The molecule has 0 aromatic carbocycles. The van der Waals surface area contributed by atoms with Gasteiger partial charge in [-0.05, 0) is 60.8 Å². The number of ketones is 1. The van der Waals surface area contributed by atoms with E-state index in [1.165, 1.54) is 0 Å². The molecular formula is C24H37IO6. The third-order valence-corrected chi connectivity index (χ3v) is 8.85. The van der Waals surface area contributed by atoms with Crippen molar-refractivity contribution in [2.24, 2.45) is 23.2 Å². The minimum Gasteiger partial charge on any atom is -0.481 e. The maximum absolute atomic E-state index is 12.8. The fourth-order valence-electron chi connectivity index (χ4n) is 5.46. The van der Waals surface area contributed by atoms with Crippen molar-refractivity contribution in [3.63, 3.8) is 0 Å². The monoisotopic (exact) mass is 548 g/mol. The summed E-state index contributed by atoms with van der Waals surface area (Å²) < 4.78 is -0.0275. The number of aliphatic hydroxyl groups excluding tert-OH is 3. The highest BCUT2D eigenvalue weighted by Crippen LogP contribution is 2.56. The molecule has 0 aromatic rings. The zero-order valence-electron chi connectivity index (χ0n) is 18.7. The minimum atomic E-state index is -1.08. The second kappa shape index (κ2) is 11.4. The number of halogens is 1. The quantitative estimate of drug-likeness (QED) is 0.232. The third kappa shape index (κ3) is 6.62. The number of carbonyl (C=O) groups is 2. The first-order valence-corrected chi connectivity index (χ1v) is 12.6. The highest BCUT2D eigenvalue weighted by atomic mass is 127. The van der Waals surface area contributed by atoms with E-state index in [0.717, 1.165) is 12.0 Å². The third-order valence-electron chi connectivity index (χ3n) is 7.27. The van der Waals surface area contributed by atoms with Gasteiger partial charge in [-0.2, -0.15) is 0 Å². The molecule has 0 spiro atoms. The Morgan fingerprint density at radius 3 is 2.58 bits per heavy atom. The Morgan fingerprint density at radius 1 is 1.29 bits per heavy atom. The van der Waals surface area contributed by atoms with Crippen LogP contribution < -0.4 is 0 Å². The molecule has 0 saturated carbocycles. The molecule has 2 rings (SSSR count). The van der Waals surface area contributed by atoms with Crippen LogP contribution >= 0.6 is 22.6 Å². The Balaban J connectivity index is 2.19. The Bertz CT molecular complexity index is 704. The number of hydrogen-bond donors (Lipinski definition) is 4. The molecule has 31 heavy (non-hydrogen) atoms. The van der Waals surface area contributed by atoms with E-state index >= 15 is 0 Å². The van der Waals surface area contributed by atoms with E-state index in [0.29, 0.717) is 25.7 Å². The molecule has 0 radical (unpaired) electrons. The fourth-order valence-corrected chi connectivity index (χ4v) is 5.71. The number of carbonyl (C=O) groups excluding carboxylic acids is 1. The summed E-state index contributed by atoms with van der Waals surface area (Å²) in [7, 11) is 0. The number of aliphatic carboxylic acids is 1. The molecule has 6 nitrogen and oxygen atoms in total. The molecule has 176 valence electrons. The van der Waals surface area contributed by atoms with Crippen LogP contribution in [0, 0.1) is 23.2 Å². The Morgan fingerprint density at radius 2 is 1.97 bits per heavy atom. The normalized spacial score (nSPS) is 33.2. The maximum Gasteiger partial charge on any atom is 0.305 e. The van der Waals surface area contributed by atoms with E-state index in [2.05, 4.69) is 48.6 Å². The number of allylic oxidation sites excluding steroid dienone is 3. The molecule has 3 unspecified atom stereocenters. The Hall–Kier alpha value is -0.770. The lowest BCUT2D eigenvalue weighted by atomic mass is 9.52. The summed E-state index contributed by atoms with van der Waals surface area (Å²) >= 11 is 2.20. The first kappa shape index (κ1) is 26.5. The molecule has 2 aliphatic carbocycles. The zero-order valence-corrected chi connectivity index (χ0v) is 20.9. The summed E-state index contributed by atoms with van der Waals surface area (Å²) in [5.74, 6) is -0.421. The number of Topliss-reactive ketones (excluding diaryl/α,β-unsaturated/α-hetero) is 1. The van der Waals surface area contributed by atoms with Crippen molar-refractivity contribution in [2.75, 3.05) is 0 Å². The van der Waals surface area contributed by atoms with Gasteiger partial charge in [0, 0.05) is 6.42 Å². The van der Waals surface area contributed by atoms with Gasteiger partial charge in [0.25, 0.3) is 0 Å². The molecule has 4 N–H and O–H groups in total. The van der Waals surface area contributed by atoms with E-state index in [9.17, 15) is 24.9 Å². The second-order valence-corrected chi connectivity index (χ2v) is 11.0. The number of carboxylic acid groups (broad SMARTS) is 1. The predicted molar refractivity (Wildman–Crippen MR) is 128 cm³/mol. The number of hydrogen-bond acceptors (Lipinski definition) is 5. The highest BCUT2D eigenvalue weighted by Gasteiger charge is 2.49. The standard InChI is InChI=1S/C24H37IO6/c1-4-21(25)22(29)11-16-10-18(27)9-15-6-5-14(2)20(24(15,16)3)8-7-17(26)12-19(28)13-23(30)31/h5-6,9,14,16-21,26-28H,4,7-8,10-13H2,1-3H3,(H,30,31)/t14-,16?,17?,18-,19+,20?,21-,24+/m0/s1. The van der Waals surface area contributed by atoms with Crippen LogP contribution in [0.5, 0.6) is 0 Å². The number of carboxylic acids is 1. The van der Waals surface area contributed by atoms with Crippen LogP contribution in [0.2, 0.25) is 0 Å². The lowest BCUT2D eigenvalue weighted by Crippen LogP contribution is -2.47. The van der Waals surface area contributed by atoms with Crippen LogP contribution in [-0.2, 0) is 9.59 Å². The van der Waals surface area contributed by atoms with Crippen molar-refractivity contribution in [3.8, 4) is 0 Å². The van der Waals surface area contributed by atoms with Crippen molar-refractivity contribution in [3.05, 3.63) is 23.8 Å². The van der Waals surface area contributed by atoms with Gasteiger partial charge in [0.05, 0.1) is 28.7 Å². The van der Waals surface area contributed by atoms with Crippen LogP contribution in [-0.4, -0.2) is 54.4 Å². The average molecular weight is 548 g/mol. The molecule has 8 atom stereocenters. The van der Waals surface area contributed by atoms with Crippen LogP contribution in [0.1, 0.15) is 65.7 Å². The van der Waals surface area contributed by atoms with Gasteiger partial charge >= 0.3 is 5.97 Å². The van der Waals surface area contributed by atoms with E-state index in [4.69, 9.17) is 5.11 Å². The zero-order chi connectivity index (χ0) is 23.3. The van der Waals surface area contributed by atoms with E-state index in [1.807, 2.05) is 13.0 Å². The summed E-state index contributed by atoms with van der Waals surface area (Å²) in [5, 5.41) is 39.5. The van der Waals surface area contributed by atoms with Gasteiger partial charge in [-0.15, -0.1) is 0 Å². The molecule has 0 aromatic heterocycles. The van der Waals surface area contributed by atoms with Gasteiger partial charge in [0.2, 0.25) is 0 Å². The van der Waals surface area contributed by atoms with Gasteiger partial charge in [0.15, 0.2) is 0 Å². The van der Waals surface area contributed by atoms with E-state index in [-0.39, 0.29) is 45.7 Å². The molecular weight excluding hydrogens is 511 g/mol. The number of alkyl halides is 1. The molecule has 7 heteroatoms. The molecule has 0 heterocycles. The topological polar surface area (TPSA) is 115 Å². The Labute approximate surface area is 199 Å². The lowest BCUT2D eigenvalue weighted by molar-refractivity contribution is -0.139. The van der Waals surface area contributed by atoms with Gasteiger partial charge in [-0.25, -0.2) is 0 Å². The second-order valence-electron chi connectivity index (χ2n) is 9.49. The first-order valence-electron chi connectivity index (χ1n) is 11.3. The lowest BCUT2D eigenvalue weighted by Gasteiger charge is -2.52. The predicted octanol–water partition coefficient (Wildman–Crippen LogP) is 3.66. The van der Waals surface area contributed by atoms with Crippen LogP contribution in [0.3, 0.4) is 0 Å². The molecule has 0 fully saturated rings. The van der Waals surface area contributed by atoms with Gasteiger partial charge in [0.1, 0.15) is 5.78 Å². The molecule has 0 saturated heterocycles. The first-order chi connectivity index (χ1) is 14.5. The molecule has 2 aliphatic rings. The summed E-state index contributed by atoms with van der Waals surface area (Å²) in [5.41, 5.74) is 0.779. The summed E-state index contributed by atoms with van der Waals surface area (Å²) in [6.45, 7) is 6.34. The average Bonchev–Trinajstić information content (AvgIpc) is 2.67. The molecule has 0 amide bonds. The van der Waals surface area contributed by atoms with Gasteiger partial charge in [-0.3, -0.25) is 9.59 Å². The number of rotatable bonds is 11. The maximum atomic E-state index is 12.8. The SMILES string of the molecule is CC[C@H](I)C(=O)CC1C[C@@H](O)C=C2C=C[C@H](C)C(CCC(O)C[C@@H](O)CC(=O)O)[C@]21C. The van der Waals surface area contributed by atoms with Crippen molar-refractivity contribution < 1.29 is 30.0 Å². The molecule has 0 aliphatic heterocycles. The van der Waals surface area contributed by atoms with Crippen molar-refractivity contribution in [1.29, 1.82) is 0 Å². The number of aliphatic hydroxyl groups is 3. The van der Waals surface area contributed by atoms with Gasteiger partial charge < -0.3 is 20.4 Å². The van der Waals surface area contributed by atoms with Crippen molar-refractivity contribution in [1.82, 2.24) is 0 Å². The molecule has 0 bridgehead atoms. The van der Waals surface area contributed by atoms with E-state index < -0.39 is 24.3 Å². The van der Waals surface area contributed by atoms with Crippen molar-refractivity contribution in [2.45, 2.75) is 88.0 Å². The Kier molecular flexibility index (Phi) is 9.73. The highest BCUT2D eigenvalue weighted by molar-refractivity contribution is 14.1. The summed E-state index contributed by atoms with van der Waals surface area (Å²) in [6, 6.07) is 0. The van der Waals surface area contributed by atoms with Crippen LogP contribution in [0.15, 0.2) is 23.8 Å². The number of fused-ring (bicyclic) bond motifs is 1.